The van der Waals surface area contributed by atoms with Gasteiger partial charge in [0.05, 0.1) is 24.2 Å². The van der Waals surface area contributed by atoms with Crippen LogP contribution in [0, 0.1) is 13.8 Å². The summed E-state index contributed by atoms with van der Waals surface area (Å²) in [6.45, 7) is 6.05. The molecule has 1 fully saturated rings. The van der Waals surface area contributed by atoms with Crippen LogP contribution in [0.25, 0.3) is 11.1 Å². The summed E-state index contributed by atoms with van der Waals surface area (Å²) in [4.78, 5) is 20.6. The molecule has 39 heavy (non-hydrogen) atoms. The predicted octanol–water partition coefficient (Wildman–Crippen LogP) is 6.30. The normalized spacial score (nSPS) is 16.8. The van der Waals surface area contributed by atoms with Crippen LogP contribution in [0.4, 0.5) is 11.6 Å². The van der Waals surface area contributed by atoms with Crippen molar-refractivity contribution in [2.24, 2.45) is 4.99 Å². The number of aromatic nitrogens is 1. The van der Waals surface area contributed by atoms with Gasteiger partial charge in [-0.2, -0.15) is 0 Å². The SMILES string of the molecule is CCCCC1=NC2(CCCC2)C(=O)N1Cc1ccc(-c2ccccc2)c(N(c2onc(C)c2C)S(C)(=O)=O)c1. The molecule has 0 atom stereocenters. The molecule has 5 rings (SSSR count). The van der Waals surface area contributed by atoms with Crippen molar-refractivity contribution in [2.45, 2.75) is 77.8 Å². The third-order valence-electron chi connectivity index (χ3n) is 7.84. The monoisotopic (exact) mass is 548 g/mol. The van der Waals surface area contributed by atoms with Gasteiger partial charge in [0.15, 0.2) is 0 Å². The fourth-order valence-electron chi connectivity index (χ4n) is 5.62. The quantitative estimate of drug-likeness (QED) is 0.313. The maximum absolute atomic E-state index is 13.7. The van der Waals surface area contributed by atoms with Crippen molar-refractivity contribution in [1.29, 1.82) is 0 Å². The van der Waals surface area contributed by atoms with Crippen molar-refractivity contribution in [2.75, 3.05) is 10.6 Å². The number of aliphatic imine (C=N–C) groups is 1. The number of aryl methyl sites for hydroxylation is 1. The zero-order chi connectivity index (χ0) is 27.8. The Morgan fingerprint density at radius 2 is 1.79 bits per heavy atom. The largest absolute Gasteiger partial charge is 0.337 e. The number of carbonyl (C=O) groups excluding carboxylic acids is 1. The summed E-state index contributed by atoms with van der Waals surface area (Å²) in [5.74, 6) is 1.08. The maximum atomic E-state index is 13.7. The number of amides is 1. The second-order valence-electron chi connectivity index (χ2n) is 10.7. The number of unbranched alkanes of at least 4 members (excludes halogenated alkanes) is 1. The lowest BCUT2D eigenvalue weighted by atomic mass is 9.97. The first-order valence-corrected chi connectivity index (χ1v) is 15.5. The summed E-state index contributed by atoms with van der Waals surface area (Å²) in [5, 5.41) is 4.02. The van der Waals surface area contributed by atoms with Crippen molar-refractivity contribution in [3.05, 3.63) is 65.4 Å². The molecule has 2 aromatic carbocycles. The summed E-state index contributed by atoms with van der Waals surface area (Å²) in [6.07, 6.45) is 7.51. The summed E-state index contributed by atoms with van der Waals surface area (Å²) < 4.78 is 33.3. The minimum Gasteiger partial charge on any atom is -0.337 e. The summed E-state index contributed by atoms with van der Waals surface area (Å²) in [5.41, 5.74) is 3.53. The van der Waals surface area contributed by atoms with E-state index in [1.54, 1.807) is 13.8 Å². The van der Waals surface area contributed by atoms with E-state index in [0.29, 0.717) is 23.5 Å². The molecule has 1 aliphatic heterocycles. The van der Waals surface area contributed by atoms with Gasteiger partial charge in [-0.3, -0.25) is 14.7 Å². The summed E-state index contributed by atoms with van der Waals surface area (Å²) in [6, 6.07) is 15.4. The number of carbonyl (C=O) groups is 1. The molecule has 1 amide bonds. The smallest absolute Gasteiger partial charge is 0.256 e. The number of amidine groups is 1. The molecule has 0 radical (unpaired) electrons. The fourth-order valence-corrected chi connectivity index (χ4v) is 6.60. The molecule has 8 nitrogen and oxygen atoms in total. The molecular formula is C30H36N4O4S. The van der Waals surface area contributed by atoms with Crippen LogP contribution >= 0.6 is 0 Å². The van der Waals surface area contributed by atoms with E-state index < -0.39 is 15.6 Å². The van der Waals surface area contributed by atoms with Gasteiger partial charge in [-0.25, -0.2) is 12.7 Å². The van der Waals surface area contributed by atoms with Crippen LogP contribution in [0.2, 0.25) is 0 Å². The molecule has 9 heteroatoms. The highest BCUT2D eigenvalue weighted by molar-refractivity contribution is 7.92. The number of benzene rings is 2. The van der Waals surface area contributed by atoms with E-state index in [-0.39, 0.29) is 11.8 Å². The van der Waals surface area contributed by atoms with E-state index in [1.807, 2.05) is 53.4 Å². The van der Waals surface area contributed by atoms with Gasteiger partial charge in [-0.05, 0) is 50.3 Å². The van der Waals surface area contributed by atoms with Crippen LogP contribution in [0.3, 0.4) is 0 Å². The van der Waals surface area contributed by atoms with Gasteiger partial charge in [-0.15, -0.1) is 0 Å². The van der Waals surface area contributed by atoms with Gasteiger partial charge in [0.2, 0.25) is 15.9 Å². The van der Waals surface area contributed by atoms with E-state index >= 15 is 0 Å². The van der Waals surface area contributed by atoms with Gasteiger partial charge in [0, 0.05) is 17.5 Å². The number of hydrogen-bond acceptors (Lipinski definition) is 6. The zero-order valence-corrected chi connectivity index (χ0v) is 23.9. The molecule has 1 spiro atoms. The molecule has 3 aromatic rings. The van der Waals surface area contributed by atoms with E-state index in [0.717, 1.165) is 73.7 Å². The van der Waals surface area contributed by atoms with Gasteiger partial charge >= 0.3 is 0 Å². The molecule has 206 valence electrons. The van der Waals surface area contributed by atoms with Crippen LogP contribution in [0.1, 0.15) is 68.7 Å². The van der Waals surface area contributed by atoms with Crippen LogP contribution in [0.5, 0.6) is 0 Å². The third-order valence-corrected chi connectivity index (χ3v) is 8.86. The highest BCUT2D eigenvalue weighted by Crippen LogP contribution is 2.42. The Bertz CT molecular complexity index is 1500. The maximum Gasteiger partial charge on any atom is 0.256 e. The molecule has 2 aliphatic rings. The van der Waals surface area contributed by atoms with Gasteiger partial charge in [-0.1, -0.05) is 73.8 Å². The number of sulfonamides is 1. The van der Waals surface area contributed by atoms with E-state index in [1.165, 1.54) is 4.31 Å². The lowest BCUT2D eigenvalue weighted by Gasteiger charge is -2.26. The minimum atomic E-state index is -3.81. The second-order valence-corrected chi connectivity index (χ2v) is 12.5. The molecule has 0 bridgehead atoms. The molecule has 0 saturated heterocycles. The van der Waals surface area contributed by atoms with E-state index in [4.69, 9.17) is 9.52 Å². The summed E-state index contributed by atoms with van der Waals surface area (Å²) in [7, 11) is -3.81. The second kappa shape index (κ2) is 10.6. The Morgan fingerprint density at radius 1 is 1.08 bits per heavy atom. The lowest BCUT2D eigenvalue weighted by Crippen LogP contribution is -2.40. The van der Waals surface area contributed by atoms with Crippen LogP contribution in [-0.4, -0.2) is 42.0 Å². The number of anilines is 2. The van der Waals surface area contributed by atoms with E-state index in [9.17, 15) is 13.2 Å². The predicted molar refractivity (Wildman–Crippen MR) is 154 cm³/mol. The highest BCUT2D eigenvalue weighted by atomic mass is 32.2. The standard InChI is InChI=1S/C30H36N4O4S/c1-5-6-14-27-31-30(17-10-11-18-30)29(35)33(27)20-23-15-16-25(24-12-8-7-9-13-24)26(19-23)34(39(4,36)37)28-21(2)22(3)32-38-28/h7-9,12-13,15-16,19H,5-6,10-11,14,17-18,20H2,1-4H3. The molecule has 1 saturated carbocycles. The highest BCUT2D eigenvalue weighted by Gasteiger charge is 2.49. The minimum absolute atomic E-state index is 0.0708. The number of nitrogens with zero attached hydrogens (tertiary/aromatic N) is 4. The van der Waals surface area contributed by atoms with Crippen LogP contribution < -0.4 is 4.31 Å². The van der Waals surface area contributed by atoms with Gasteiger partial charge < -0.3 is 4.52 Å². The fraction of sp³-hybridized carbons (Fsp3) is 0.433. The Balaban J connectivity index is 1.61. The average Bonchev–Trinajstić information content (AvgIpc) is 3.59. The topological polar surface area (TPSA) is 96.1 Å². The van der Waals surface area contributed by atoms with Crippen LogP contribution in [-0.2, 0) is 21.4 Å². The van der Waals surface area contributed by atoms with Crippen molar-refractivity contribution in [3.63, 3.8) is 0 Å². The first-order valence-electron chi connectivity index (χ1n) is 13.7. The molecule has 1 aliphatic carbocycles. The average molecular weight is 549 g/mol. The van der Waals surface area contributed by atoms with Crippen molar-refractivity contribution in [3.8, 4) is 11.1 Å². The van der Waals surface area contributed by atoms with Gasteiger partial charge in [0.1, 0.15) is 11.4 Å². The first-order chi connectivity index (χ1) is 18.6. The molecule has 0 unspecified atom stereocenters. The van der Waals surface area contributed by atoms with Crippen LogP contribution in [0.15, 0.2) is 58.0 Å². The molecule has 0 N–H and O–H groups in total. The van der Waals surface area contributed by atoms with Gasteiger partial charge in [0.25, 0.3) is 5.91 Å². The molecule has 1 aromatic heterocycles. The lowest BCUT2D eigenvalue weighted by molar-refractivity contribution is -0.131. The Morgan fingerprint density at radius 3 is 2.41 bits per heavy atom. The summed E-state index contributed by atoms with van der Waals surface area (Å²) >= 11 is 0. The van der Waals surface area contributed by atoms with Crippen molar-refractivity contribution >= 4 is 33.3 Å². The molecular weight excluding hydrogens is 512 g/mol. The first kappa shape index (κ1) is 27.1. The zero-order valence-electron chi connectivity index (χ0n) is 23.1. The number of rotatable bonds is 9. The Hall–Kier alpha value is -3.46. The van der Waals surface area contributed by atoms with Crippen molar-refractivity contribution < 1.29 is 17.7 Å². The number of hydrogen-bond donors (Lipinski definition) is 0. The Kier molecular flexibility index (Phi) is 7.37. The molecule has 2 heterocycles. The van der Waals surface area contributed by atoms with Crippen molar-refractivity contribution in [1.82, 2.24) is 10.1 Å². The third kappa shape index (κ3) is 5.12. The Labute approximate surface area is 230 Å². The van der Waals surface area contributed by atoms with E-state index in [2.05, 4.69) is 12.1 Å².